The highest BCUT2D eigenvalue weighted by molar-refractivity contribution is 5.96. The first-order valence-electron chi connectivity index (χ1n) is 10.8. The second kappa shape index (κ2) is 6.73. The summed E-state index contributed by atoms with van der Waals surface area (Å²) >= 11 is 0. The SMILES string of the molecule is Cc1cc2ccoc2cc1-c1c2ccc(C3CCC(C)(C)CC3)cc2cc[n+]1C. The maximum absolute atomic E-state index is 5.69. The summed E-state index contributed by atoms with van der Waals surface area (Å²) in [5, 5.41) is 3.81. The molecular formula is C27H30NO+. The van der Waals surface area contributed by atoms with Gasteiger partial charge in [0.05, 0.1) is 17.2 Å². The van der Waals surface area contributed by atoms with Gasteiger partial charge < -0.3 is 4.42 Å². The molecule has 1 aliphatic carbocycles. The summed E-state index contributed by atoms with van der Waals surface area (Å²) in [4.78, 5) is 0. The second-order valence-electron chi connectivity index (χ2n) is 9.69. The number of benzene rings is 2. The van der Waals surface area contributed by atoms with E-state index in [0.717, 1.165) is 11.0 Å². The van der Waals surface area contributed by atoms with Gasteiger partial charge in [0, 0.05) is 11.5 Å². The molecule has 0 aliphatic heterocycles. The van der Waals surface area contributed by atoms with Crippen molar-refractivity contribution in [1.29, 1.82) is 0 Å². The Morgan fingerprint density at radius 2 is 1.76 bits per heavy atom. The van der Waals surface area contributed by atoms with Crippen molar-refractivity contribution in [2.24, 2.45) is 12.5 Å². The fourth-order valence-electron chi connectivity index (χ4n) is 5.09. The molecule has 1 fully saturated rings. The van der Waals surface area contributed by atoms with E-state index in [2.05, 4.69) is 75.0 Å². The van der Waals surface area contributed by atoms with Crippen LogP contribution in [-0.4, -0.2) is 0 Å². The van der Waals surface area contributed by atoms with Gasteiger partial charge in [-0.3, -0.25) is 0 Å². The Kier molecular flexibility index (Phi) is 4.27. The molecule has 2 heteroatoms. The summed E-state index contributed by atoms with van der Waals surface area (Å²) in [5.41, 5.74) is 6.74. The Hall–Kier alpha value is -2.61. The van der Waals surface area contributed by atoms with Crippen LogP contribution < -0.4 is 4.57 Å². The number of fused-ring (bicyclic) bond motifs is 2. The van der Waals surface area contributed by atoms with Gasteiger partial charge in [-0.2, -0.15) is 0 Å². The number of furan rings is 1. The Labute approximate surface area is 173 Å². The second-order valence-corrected chi connectivity index (χ2v) is 9.69. The first-order chi connectivity index (χ1) is 13.9. The Balaban J connectivity index is 1.61. The molecule has 1 saturated carbocycles. The van der Waals surface area contributed by atoms with Crippen LogP contribution in [0.15, 0.2) is 59.3 Å². The van der Waals surface area contributed by atoms with E-state index in [4.69, 9.17) is 4.42 Å². The molecule has 0 N–H and O–H groups in total. The van der Waals surface area contributed by atoms with Crippen LogP contribution in [-0.2, 0) is 7.05 Å². The van der Waals surface area contributed by atoms with Crippen LogP contribution >= 0.6 is 0 Å². The Morgan fingerprint density at radius 3 is 2.55 bits per heavy atom. The van der Waals surface area contributed by atoms with Crippen molar-refractivity contribution < 1.29 is 8.98 Å². The molecule has 2 heterocycles. The van der Waals surface area contributed by atoms with E-state index in [1.165, 1.54) is 58.8 Å². The number of nitrogens with zero attached hydrogens (tertiary/aromatic N) is 1. The normalized spacial score (nSPS) is 17.2. The molecule has 1 aliphatic rings. The van der Waals surface area contributed by atoms with Crippen molar-refractivity contribution in [3.8, 4) is 11.3 Å². The van der Waals surface area contributed by atoms with Crippen molar-refractivity contribution in [3.63, 3.8) is 0 Å². The average Bonchev–Trinajstić information content (AvgIpc) is 3.14. The van der Waals surface area contributed by atoms with E-state index in [9.17, 15) is 0 Å². The summed E-state index contributed by atoms with van der Waals surface area (Å²) in [6, 6.07) is 15.9. The molecule has 0 atom stereocenters. The molecule has 0 spiro atoms. The van der Waals surface area contributed by atoms with E-state index in [0.29, 0.717) is 11.3 Å². The number of hydrogen-bond donors (Lipinski definition) is 0. The number of aryl methyl sites for hydroxylation is 2. The Morgan fingerprint density at radius 1 is 0.966 bits per heavy atom. The first kappa shape index (κ1) is 18.4. The lowest BCUT2D eigenvalue weighted by atomic mass is 9.71. The third-order valence-corrected chi connectivity index (χ3v) is 7.03. The molecule has 0 unspecified atom stereocenters. The summed E-state index contributed by atoms with van der Waals surface area (Å²) in [5.74, 6) is 0.700. The number of pyridine rings is 1. The lowest BCUT2D eigenvalue weighted by Crippen LogP contribution is -2.30. The van der Waals surface area contributed by atoms with Gasteiger partial charge >= 0.3 is 0 Å². The minimum atomic E-state index is 0.510. The van der Waals surface area contributed by atoms with E-state index in [1.54, 1.807) is 6.26 Å². The lowest BCUT2D eigenvalue weighted by Gasteiger charge is -2.34. The van der Waals surface area contributed by atoms with Crippen molar-refractivity contribution in [2.75, 3.05) is 0 Å². The van der Waals surface area contributed by atoms with Gasteiger partial charge in [0.2, 0.25) is 5.69 Å². The number of hydrogen-bond acceptors (Lipinski definition) is 1. The molecule has 2 aromatic carbocycles. The van der Waals surface area contributed by atoms with Crippen molar-refractivity contribution in [3.05, 3.63) is 66.1 Å². The van der Waals surface area contributed by atoms with E-state index in [1.807, 2.05) is 6.07 Å². The quantitative estimate of drug-likeness (QED) is 0.338. The van der Waals surface area contributed by atoms with Crippen LogP contribution in [0.1, 0.15) is 56.6 Å². The predicted molar refractivity (Wildman–Crippen MR) is 120 cm³/mol. The molecule has 2 nitrogen and oxygen atoms in total. The topological polar surface area (TPSA) is 17.0 Å². The lowest BCUT2D eigenvalue weighted by molar-refractivity contribution is -0.659. The third kappa shape index (κ3) is 3.25. The van der Waals surface area contributed by atoms with Crippen molar-refractivity contribution in [1.82, 2.24) is 0 Å². The average molecular weight is 385 g/mol. The van der Waals surface area contributed by atoms with Gasteiger partial charge in [-0.1, -0.05) is 26.0 Å². The van der Waals surface area contributed by atoms with E-state index in [-0.39, 0.29) is 0 Å². The summed E-state index contributed by atoms with van der Waals surface area (Å²) in [6.45, 7) is 7.01. The van der Waals surface area contributed by atoms with Crippen LogP contribution in [0, 0.1) is 12.3 Å². The minimum Gasteiger partial charge on any atom is -0.464 e. The summed E-state index contributed by atoms with van der Waals surface area (Å²) < 4.78 is 7.93. The maximum atomic E-state index is 5.69. The fourth-order valence-corrected chi connectivity index (χ4v) is 5.09. The zero-order valence-corrected chi connectivity index (χ0v) is 18.0. The molecule has 5 rings (SSSR count). The molecule has 0 amide bonds. The van der Waals surface area contributed by atoms with Gasteiger partial charge in [0.1, 0.15) is 12.6 Å². The first-order valence-corrected chi connectivity index (χ1v) is 10.8. The van der Waals surface area contributed by atoms with Gasteiger partial charge in [-0.15, -0.1) is 0 Å². The van der Waals surface area contributed by atoms with Crippen LogP contribution in [0.25, 0.3) is 33.0 Å². The van der Waals surface area contributed by atoms with Crippen LogP contribution in [0.5, 0.6) is 0 Å². The number of aromatic nitrogens is 1. The third-order valence-electron chi connectivity index (χ3n) is 7.03. The van der Waals surface area contributed by atoms with E-state index >= 15 is 0 Å². The molecule has 4 aromatic rings. The largest absolute Gasteiger partial charge is 0.464 e. The highest BCUT2D eigenvalue weighted by atomic mass is 16.3. The van der Waals surface area contributed by atoms with Gasteiger partial charge in [0.25, 0.3) is 0 Å². The molecule has 0 bridgehead atoms. The molecule has 2 aromatic heterocycles. The molecule has 0 saturated heterocycles. The molecular weight excluding hydrogens is 354 g/mol. The smallest absolute Gasteiger partial charge is 0.220 e. The fraction of sp³-hybridized carbons (Fsp3) is 0.370. The minimum absolute atomic E-state index is 0.510. The van der Waals surface area contributed by atoms with Crippen molar-refractivity contribution >= 4 is 21.7 Å². The molecule has 29 heavy (non-hydrogen) atoms. The van der Waals surface area contributed by atoms with Crippen LogP contribution in [0.3, 0.4) is 0 Å². The van der Waals surface area contributed by atoms with Crippen LogP contribution in [0.2, 0.25) is 0 Å². The number of rotatable bonds is 2. The summed E-state index contributed by atoms with van der Waals surface area (Å²) in [6.07, 6.45) is 9.23. The monoisotopic (exact) mass is 384 g/mol. The zero-order valence-electron chi connectivity index (χ0n) is 18.0. The van der Waals surface area contributed by atoms with Gasteiger partial charge in [0.15, 0.2) is 6.20 Å². The highest BCUT2D eigenvalue weighted by Gasteiger charge is 2.28. The summed E-state index contributed by atoms with van der Waals surface area (Å²) in [7, 11) is 2.14. The highest BCUT2D eigenvalue weighted by Crippen LogP contribution is 2.43. The van der Waals surface area contributed by atoms with Crippen molar-refractivity contribution in [2.45, 2.75) is 52.4 Å². The standard InChI is InChI=1S/C27H30NO/c1-18-15-22-10-14-29-25(22)17-24(18)26-23-6-5-20(16-21(23)9-13-28(26)4)19-7-11-27(2,3)12-8-19/h5-6,9-10,13-17,19H,7-8,11-12H2,1-4H3/q+1. The molecule has 148 valence electrons. The zero-order chi connectivity index (χ0) is 20.2. The Bertz CT molecular complexity index is 1200. The van der Waals surface area contributed by atoms with E-state index < -0.39 is 0 Å². The van der Waals surface area contributed by atoms with Gasteiger partial charge in [-0.05, 0) is 84.7 Å². The van der Waals surface area contributed by atoms with Crippen LogP contribution in [0.4, 0.5) is 0 Å². The predicted octanol–water partition coefficient (Wildman–Crippen LogP) is 7.07. The van der Waals surface area contributed by atoms with Gasteiger partial charge in [-0.25, -0.2) is 4.57 Å². The maximum Gasteiger partial charge on any atom is 0.220 e. The molecule has 0 radical (unpaired) electrons.